The maximum Gasteiger partial charge on any atom is 0.341 e. The molecule has 2 heterocycles. The van der Waals surface area contributed by atoms with Gasteiger partial charge in [-0.05, 0) is 44.4 Å². The standard InChI is InChI=1S/C22H24ClNO7S/c1-3-30-7-4-8-31-18-11-19-15(10-17(18)23)20-14(12(2)32(19,28)29)9-16(22(26)27)21(25)24(20)13-5-6-13/h9-13H,3-8H2,1-2H3,(H,26,27). The predicted octanol–water partition coefficient (Wildman–Crippen LogP) is 3.86. The third-order valence-electron chi connectivity index (χ3n) is 5.80. The van der Waals surface area contributed by atoms with Crippen molar-refractivity contribution in [3.63, 3.8) is 0 Å². The molecule has 8 nitrogen and oxygen atoms in total. The summed E-state index contributed by atoms with van der Waals surface area (Å²) in [6.07, 6.45) is 2.06. The van der Waals surface area contributed by atoms with Crippen LogP contribution >= 0.6 is 11.6 Å². The summed E-state index contributed by atoms with van der Waals surface area (Å²) in [5, 5.41) is 8.70. The lowest BCUT2D eigenvalue weighted by Crippen LogP contribution is -2.31. The van der Waals surface area contributed by atoms with Crippen LogP contribution in [0.4, 0.5) is 0 Å². The Bertz CT molecular complexity index is 1250. The van der Waals surface area contributed by atoms with Gasteiger partial charge in [0.25, 0.3) is 5.56 Å². The van der Waals surface area contributed by atoms with E-state index in [2.05, 4.69) is 0 Å². The van der Waals surface area contributed by atoms with Crippen LogP contribution in [0.1, 0.15) is 60.3 Å². The van der Waals surface area contributed by atoms with Gasteiger partial charge in [0.1, 0.15) is 11.3 Å². The lowest BCUT2D eigenvalue weighted by Gasteiger charge is -2.29. The van der Waals surface area contributed by atoms with E-state index in [4.69, 9.17) is 21.1 Å². The first-order chi connectivity index (χ1) is 15.2. The molecule has 1 fully saturated rings. The number of carbonyl (C=O) groups is 1. The summed E-state index contributed by atoms with van der Waals surface area (Å²) < 4.78 is 39.1. The lowest BCUT2D eigenvalue weighted by atomic mass is 9.99. The highest BCUT2D eigenvalue weighted by Gasteiger charge is 2.41. The van der Waals surface area contributed by atoms with Gasteiger partial charge in [-0.2, -0.15) is 0 Å². The number of nitrogens with zero attached hydrogens (tertiary/aromatic N) is 1. The van der Waals surface area contributed by atoms with E-state index in [0.29, 0.717) is 43.1 Å². The van der Waals surface area contributed by atoms with E-state index in [9.17, 15) is 23.1 Å². The van der Waals surface area contributed by atoms with E-state index in [0.717, 1.165) is 12.8 Å². The highest BCUT2D eigenvalue weighted by molar-refractivity contribution is 7.92. The second-order valence-electron chi connectivity index (χ2n) is 7.94. The number of aromatic carboxylic acids is 1. The minimum absolute atomic E-state index is 0.0265. The zero-order valence-corrected chi connectivity index (χ0v) is 19.3. The van der Waals surface area contributed by atoms with Crippen LogP contribution < -0.4 is 10.3 Å². The molecule has 10 heteroatoms. The first-order valence-electron chi connectivity index (χ1n) is 10.5. The van der Waals surface area contributed by atoms with E-state index in [1.807, 2.05) is 6.92 Å². The topological polar surface area (TPSA) is 112 Å². The number of carboxylic acid groups (broad SMARTS) is 1. The first kappa shape index (κ1) is 22.8. The molecular formula is C22H24ClNO7S. The lowest BCUT2D eigenvalue weighted by molar-refractivity contribution is 0.0694. The van der Waals surface area contributed by atoms with Crippen LogP contribution in [0.2, 0.25) is 5.02 Å². The summed E-state index contributed by atoms with van der Waals surface area (Å²) in [5.74, 6) is -1.14. The Balaban J connectivity index is 1.88. The minimum atomic E-state index is -3.86. The third-order valence-corrected chi connectivity index (χ3v) is 8.23. The number of sulfone groups is 1. The molecule has 2 aliphatic rings. The van der Waals surface area contributed by atoms with Crippen LogP contribution in [-0.4, -0.2) is 43.9 Å². The normalized spacial score (nSPS) is 18.7. The van der Waals surface area contributed by atoms with Gasteiger partial charge in [0, 0.05) is 37.3 Å². The van der Waals surface area contributed by atoms with Crippen LogP contribution in [0.15, 0.2) is 27.9 Å². The third kappa shape index (κ3) is 3.82. The summed E-state index contributed by atoms with van der Waals surface area (Å²) in [5.41, 5.74) is -0.0526. The zero-order chi connectivity index (χ0) is 23.2. The molecule has 1 aliphatic heterocycles. The number of benzene rings is 1. The minimum Gasteiger partial charge on any atom is -0.492 e. The van der Waals surface area contributed by atoms with Crippen molar-refractivity contribution in [2.24, 2.45) is 0 Å². The Hall–Kier alpha value is -2.36. The summed E-state index contributed by atoms with van der Waals surface area (Å²) in [6.45, 7) is 4.82. The van der Waals surface area contributed by atoms with Crippen molar-refractivity contribution in [2.75, 3.05) is 19.8 Å². The van der Waals surface area contributed by atoms with Crippen LogP contribution in [0, 0.1) is 0 Å². The van der Waals surface area contributed by atoms with E-state index in [1.54, 1.807) is 0 Å². The Morgan fingerprint density at radius 1 is 1.25 bits per heavy atom. The van der Waals surface area contributed by atoms with E-state index >= 15 is 0 Å². The molecule has 4 rings (SSSR count). The van der Waals surface area contributed by atoms with Crippen molar-refractivity contribution >= 4 is 27.4 Å². The van der Waals surface area contributed by atoms with Gasteiger partial charge in [-0.3, -0.25) is 4.79 Å². The molecule has 0 bridgehead atoms. The molecule has 32 heavy (non-hydrogen) atoms. The molecule has 1 saturated carbocycles. The Labute approximate surface area is 190 Å². The molecule has 1 unspecified atom stereocenters. The molecule has 0 radical (unpaired) electrons. The van der Waals surface area contributed by atoms with Crippen LogP contribution in [0.3, 0.4) is 0 Å². The molecule has 1 atom stereocenters. The van der Waals surface area contributed by atoms with Gasteiger partial charge in [-0.25, -0.2) is 13.2 Å². The second kappa shape index (κ2) is 8.53. The molecule has 0 spiro atoms. The van der Waals surface area contributed by atoms with Crippen molar-refractivity contribution < 1.29 is 27.8 Å². The Kier molecular flexibility index (Phi) is 6.08. The van der Waals surface area contributed by atoms with Crippen LogP contribution in [-0.2, 0) is 14.6 Å². The molecule has 0 amide bonds. The van der Waals surface area contributed by atoms with Crippen molar-refractivity contribution in [2.45, 2.75) is 49.3 Å². The number of hydrogen-bond acceptors (Lipinski definition) is 6. The summed E-state index contributed by atoms with van der Waals surface area (Å²) in [7, 11) is -3.86. The van der Waals surface area contributed by atoms with E-state index in [-0.39, 0.29) is 21.7 Å². The van der Waals surface area contributed by atoms with Gasteiger partial charge in [-0.1, -0.05) is 11.6 Å². The molecule has 172 valence electrons. The number of halogens is 1. The predicted molar refractivity (Wildman–Crippen MR) is 119 cm³/mol. The number of hydrogen-bond donors (Lipinski definition) is 1. The number of fused-ring (bicyclic) bond motifs is 3. The van der Waals surface area contributed by atoms with E-state index < -0.39 is 32.2 Å². The fourth-order valence-corrected chi connectivity index (χ4v) is 5.84. The van der Waals surface area contributed by atoms with Crippen LogP contribution in [0.5, 0.6) is 5.75 Å². The molecule has 2 aromatic rings. The monoisotopic (exact) mass is 481 g/mol. The molecule has 0 saturated heterocycles. The van der Waals surface area contributed by atoms with Crippen molar-refractivity contribution in [1.82, 2.24) is 4.57 Å². The average molecular weight is 482 g/mol. The highest BCUT2D eigenvalue weighted by atomic mass is 35.5. The summed E-state index contributed by atoms with van der Waals surface area (Å²) in [4.78, 5) is 24.7. The molecule has 1 aromatic heterocycles. The largest absolute Gasteiger partial charge is 0.492 e. The second-order valence-corrected chi connectivity index (χ2v) is 10.6. The Morgan fingerprint density at radius 2 is 1.97 bits per heavy atom. The van der Waals surface area contributed by atoms with Gasteiger partial charge < -0.3 is 19.1 Å². The van der Waals surface area contributed by atoms with Gasteiger partial charge in [0.05, 0.1) is 27.5 Å². The highest BCUT2D eigenvalue weighted by Crippen LogP contribution is 2.49. The zero-order valence-electron chi connectivity index (χ0n) is 17.8. The molecule has 1 aromatic carbocycles. The quantitative estimate of drug-likeness (QED) is 0.570. The number of aromatic nitrogens is 1. The average Bonchev–Trinajstić information content (AvgIpc) is 3.57. The van der Waals surface area contributed by atoms with Crippen LogP contribution in [0.25, 0.3) is 11.3 Å². The number of ether oxygens (including phenoxy) is 2. The SMILES string of the molecule is CCOCCCOc1cc2c(cc1Cl)-c1c(cc(C(=O)O)c(=O)n1C1CC1)C(C)S2(=O)=O. The van der Waals surface area contributed by atoms with Gasteiger partial charge in [-0.15, -0.1) is 0 Å². The fourth-order valence-electron chi connectivity index (χ4n) is 4.00. The van der Waals surface area contributed by atoms with Crippen molar-refractivity contribution in [1.29, 1.82) is 0 Å². The number of rotatable bonds is 8. The fraction of sp³-hybridized carbons (Fsp3) is 0.455. The maximum atomic E-state index is 13.4. The molecule has 1 aliphatic carbocycles. The van der Waals surface area contributed by atoms with E-state index in [1.165, 1.54) is 29.7 Å². The maximum absolute atomic E-state index is 13.4. The first-order valence-corrected chi connectivity index (χ1v) is 12.4. The molecule has 1 N–H and O–H groups in total. The van der Waals surface area contributed by atoms with Crippen molar-refractivity contribution in [3.8, 4) is 17.0 Å². The smallest absolute Gasteiger partial charge is 0.341 e. The van der Waals surface area contributed by atoms with Crippen molar-refractivity contribution in [3.05, 3.63) is 44.7 Å². The summed E-state index contributed by atoms with van der Waals surface area (Å²) >= 11 is 6.43. The summed E-state index contributed by atoms with van der Waals surface area (Å²) in [6, 6.07) is 3.93. The van der Waals surface area contributed by atoms with Gasteiger partial charge >= 0.3 is 5.97 Å². The number of carboxylic acids is 1. The number of pyridine rings is 1. The van der Waals surface area contributed by atoms with Gasteiger partial charge in [0.2, 0.25) is 0 Å². The Morgan fingerprint density at radius 3 is 2.59 bits per heavy atom. The van der Waals surface area contributed by atoms with Gasteiger partial charge in [0.15, 0.2) is 9.84 Å². The molecular weight excluding hydrogens is 458 g/mol.